The Morgan fingerprint density at radius 2 is 1.96 bits per heavy atom. The lowest BCUT2D eigenvalue weighted by Crippen LogP contribution is -2.43. The lowest BCUT2D eigenvalue weighted by atomic mass is 9.97. The SMILES string of the molecule is COc1ccccc1NC(=O)N1CCC(CNS(=O)(=O)c2ccc(Cl)s2)CC1. The van der Waals surface area contributed by atoms with E-state index in [1.54, 1.807) is 30.2 Å². The van der Waals surface area contributed by atoms with Gasteiger partial charge in [0.05, 0.1) is 17.1 Å². The van der Waals surface area contributed by atoms with Crippen molar-refractivity contribution < 1.29 is 17.9 Å². The summed E-state index contributed by atoms with van der Waals surface area (Å²) in [5.74, 6) is 0.786. The molecule has 0 radical (unpaired) electrons. The van der Waals surface area contributed by atoms with E-state index in [2.05, 4.69) is 10.0 Å². The summed E-state index contributed by atoms with van der Waals surface area (Å²) in [5, 5.41) is 2.87. The second-order valence-corrected chi connectivity index (χ2v) is 10.2. The van der Waals surface area contributed by atoms with Crippen LogP contribution < -0.4 is 14.8 Å². The Morgan fingerprint density at radius 1 is 1.25 bits per heavy atom. The summed E-state index contributed by atoms with van der Waals surface area (Å²) in [5.41, 5.74) is 0.625. The number of nitrogens with zero attached hydrogens (tertiary/aromatic N) is 1. The zero-order valence-electron chi connectivity index (χ0n) is 15.4. The predicted molar refractivity (Wildman–Crippen MR) is 111 cm³/mol. The number of para-hydroxylation sites is 2. The number of nitrogens with one attached hydrogen (secondary N) is 2. The van der Waals surface area contributed by atoms with Gasteiger partial charge in [0.25, 0.3) is 0 Å². The third-order valence-corrected chi connectivity index (χ3v) is 7.77. The van der Waals surface area contributed by atoms with Gasteiger partial charge in [-0.1, -0.05) is 23.7 Å². The number of thiophene rings is 1. The molecule has 2 N–H and O–H groups in total. The number of piperidine rings is 1. The Morgan fingerprint density at radius 3 is 2.61 bits per heavy atom. The number of benzene rings is 1. The van der Waals surface area contributed by atoms with Gasteiger partial charge in [-0.3, -0.25) is 0 Å². The zero-order valence-corrected chi connectivity index (χ0v) is 17.7. The fourth-order valence-corrected chi connectivity index (χ4v) is 5.67. The summed E-state index contributed by atoms with van der Waals surface area (Å²) in [7, 11) is -1.98. The van der Waals surface area contributed by atoms with Crippen molar-refractivity contribution in [3.05, 3.63) is 40.7 Å². The first-order valence-corrected chi connectivity index (χ1v) is 11.5. The Bertz CT molecular complexity index is 924. The number of urea groups is 1. The van der Waals surface area contributed by atoms with Crippen molar-refractivity contribution in [2.45, 2.75) is 17.1 Å². The number of sulfonamides is 1. The highest BCUT2D eigenvalue weighted by Crippen LogP contribution is 2.26. The van der Waals surface area contributed by atoms with Gasteiger partial charge in [-0.15, -0.1) is 11.3 Å². The molecule has 28 heavy (non-hydrogen) atoms. The molecule has 0 saturated carbocycles. The Hall–Kier alpha value is -1.81. The number of rotatable bonds is 6. The highest BCUT2D eigenvalue weighted by molar-refractivity contribution is 7.91. The van der Waals surface area contributed by atoms with Crippen LogP contribution in [0.4, 0.5) is 10.5 Å². The van der Waals surface area contributed by atoms with Crippen molar-refractivity contribution in [1.29, 1.82) is 0 Å². The molecule has 0 unspecified atom stereocenters. The molecule has 7 nitrogen and oxygen atoms in total. The molecule has 1 fully saturated rings. The highest BCUT2D eigenvalue weighted by atomic mass is 35.5. The van der Waals surface area contributed by atoms with E-state index in [4.69, 9.17) is 16.3 Å². The predicted octanol–water partition coefficient (Wildman–Crippen LogP) is 3.63. The first-order valence-electron chi connectivity index (χ1n) is 8.83. The molecule has 2 heterocycles. The fraction of sp³-hybridized carbons (Fsp3) is 0.389. The van der Waals surface area contributed by atoms with E-state index in [0.717, 1.165) is 24.2 Å². The maximum atomic E-state index is 12.5. The lowest BCUT2D eigenvalue weighted by Gasteiger charge is -2.32. The second kappa shape index (κ2) is 9.13. The summed E-state index contributed by atoms with van der Waals surface area (Å²) in [6, 6.07) is 10.1. The second-order valence-electron chi connectivity index (χ2n) is 6.47. The van der Waals surface area contributed by atoms with Gasteiger partial charge in [-0.2, -0.15) is 0 Å². The van der Waals surface area contributed by atoms with Crippen LogP contribution in [0.15, 0.2) is 40.6 Å². The third kappa shape index (κ3) is 5.16. The minimum atomic E-state index is -3.54. The molecule has 3 rings (SSSR count). The van der Waals surface area contributed by atoms with E-state index >= 15 is 0 Å². The molecule has 1 aromatic heterocycles. The smallest absolute Gasteiger partial charge is 0.321 e. The van der Waals surface area contributed by atoms with Crippen LogP contribution in [-0.4, -0.2) is 46.1 Å². The molecule has 152 valence electrons. The van der Waals surface area contributed by atoms with E-state index in [9.17, 15) is 13.2 Å². The molecular weight excluding hydrogens is 422 g/mol. The van der Waals surface area contributed by atoms with Crippen molar-refractivity contribution in [1.82, 2.24) is 9.62 Å². The molecule has 0 aliphatic carbocycles. The maximum absolute atomic E-state index is 12.5. The summed E-state index contributed by atoms with van der Waals surface area (Å²) < 4.78 is 33.1. The van der Waals surface area contributed by atoms with Gasteiger partial charge in [0, 0.05) is 19.6 Å². The van der Waals surface area contributed by atoms with Crippen LogP contribution in [-0.2, 0) is 10.0 Å². The van der Waals surface area contributed by atoms with E-state index in [1.165, 1.54) is 6.07 Å². The largest absolute Gasteiger partial charge is 0.495 e. The highest BCUT2D eigenvalue weighted by Gasteiger charge is 2.25. The summed E-state index contributed by atoms with van der Waals surface area (Å²) in [6.07, 6.45) is 1.46. The molecule has 1 aliphatic heterocycles. The number of amides is 2. The number of hydrogen-bond donors (Lipinski definition) is 2. The number of methoxy groups -OCH3 is 1. The van der Waals surface area contributed by atoms with E-state index in [-0.39, 0.29) is 16.2 Å². The van der Waals surface area contributed by atoms with Gasteiger partial charge in [0.15, 0.2) is 0 Å². The summed E-state index contributed by atoms with van der Waals surface area (Å²) in [6.45, 7) is 1.48. The number of hydrogen-bond acceptors (Lipinski definition) is 5. The van der Waals surface area contributed by atoms with Crippen LogP contribution in [0.5, 0.6) is 5.75 Å². The number of halogens is 1. The van der Waals surface area contributed by atoms with Gasteiger partial charge < -0.3 is 15.0 Å². The van der Waals surface area contributed by atoms with Crippen molar-refractivity contribution >= 4 is 44.7 Å². The average Bonchev–Trinajstić information content (AvgIpc) is 3.14. The number of ether oxygens (including phenoxy) is 1. The third-order valence-electron chi connectivity index (χ3n) is 4.63. The molecular formula is C18H22ClN3O4S2. The lowest BCUT2D eigenvalue weighted by molar-refractivity contribution is 0.183. The van der Waals surface area contributed by atoms with Crippen molar-refractivity contribution in [2.24, 2.45) is 5.92 Å². The quantitative estimate of drug-likeness (QED) is 0.713. The Labute approximate surface area is 173 Å². The molecule has 10 heteroatoms. The molecule has 1 aromatic carbocycles. The zero-order chi connectivity index (χ0) is 20.1. The summed E-state index contributed by atoms with van der Waals surface area (Å²) >= 11 is 6.85. The number of anilines is 1. The van der Waals surface area contributed by atoms with Crippen LogP contribution >= 0.6 is 22.9 Å². The number of carbonyl (C=O) groups excluding carboxylic acids is 1. The average molecular weight is 444 g/mol. The van der Waals surface area contributed by atoms with E-state index in [0.29, 0.717) is 35.4 Å². The van der Waals surface area contributed by atoms with Crippen LogP contribution in [0.25, 0.3) is 0 Å². The van der Waals surface area contributed by atoms with Gasteiger partial charge in [0.1, 0.15) is 9.96 Å². The molecule has 1 aliphatic rings. The van der Waals surface area contributed by atoms with Gasteiger partial charge in [-0.05, 0) is 43.0 Å². The van der Waals surface area contributed by atoms with Crippen LogP contribution in [0.3, 0.4) is 0 Å². The van der Waals surface area contributed by atoms with Gasteiger partial charge in [-0.25, -0.2) is 17.9 Å². The van der Waals surface area contributed by atoms with Gasteiger partial charge in [0.2, 0.25) is 10.0 Å². The van der Waals surface area contributed by atoms with Gasteiger partial charge >= 0.3 is 6.03 Å². The van der Waals surface area contributed by atoms with Crippen molar-refractivity contribution in [3.63, 3.8) is 0 Å². The Balaban J connectivity index is 1.48. The first-order chi connectivity index (χ1) is 13.4. The summed E-state index contributed by atoms with van der Waals surface area (Å²) in [4.78, 5) is 14.2. The van der Waals surface area contributed by atoms with E-state index < -0.39 is 10.0 Å². The monoisotopic (exact) mass is 443 g/mol. The van der Waals surface area contributed by atoms with Crippen molar-refractivity contribution in [3.8, 4) is 5.75 Å². The maximum Gasteiger partial charge on any atom is 0.321 e. The minimum absolute atomic E-state index is 0.181. The fourth-order valence-electron chi connectivity index (χ4n) is 3.02. The molecule has 0 atom stereocenters. The van der Waals surface area contributed by atoms with Crippen molar-refractivity contribution in [2.75, 3.05) is 32.1 Å². The molecule has 0 bridgehead atoms. The molecule has 2 amide bonds. The van der Waals surface area contributed by atoms with Crippen LogP contribution in [0.2, 0.25) is 4.34 Å². The normalized spacial score (nSPS) is 15.4. The molecule has 1 saturated heterocycles. The topological polar surface area (TPSA) is 87.7 Å². The first kappa shape index (κ1) is 20.9. The minimum Gasteiger partial charge on any atom is -0.495 e. The van der Waals surface area contributed by atoms with Crippen LogP contribution in [0, 0.1) is 5.92 Å². The number of likely N-dealkylation sites (tertiary alicyclic amines) is 1. The Kier molecular flexibility index (Phi) is 6.82. The van der Waals surface area contributed by atoms with Crippen LogP contribution in [0.1, 0.15) is 12.8 Å². The molecule has 0 spiro atoms. The standard InChI is InChI=1S/C18H22ClN3O4S2/c1-26-15-5-3-2-4-14(15)21-18(23)22-10-8-13(9-11-22)12-20-28(24,25)17-7-6-16(19)27-17/h2-7,13,20H,8-12H2,1H3,(H,21,23). The number of carbonyl (C=O) groups is 1. The molecule has 2 aromatic rings. The van der Waals surface area contributed by atoms with E-state index in [1.807, 2.05) is 12.1 Å².